The lowest BCUT2D eigenvalue weighted by Crippen LogP contribution is -2.38. The first-order valence-electron chi connectivity index (χ1n) is 8.90. The first-order chi connectivity index (χ1) is 12.0. The molecule has 1 N–H and O–H groups in total. The highest BCUT2D eigenvalue weighted by Gasteiger charge is 2.26. The van der Waals surface area contributed by atoms with Gasteiger partial charge in [0.1, 0.15) is 11.6 Å². The average molecular weight is 342 g/mol. The van der Waals surface area contributed by atoms with E-state index < -0.39 is 0 Å². The first-order valence-corrected chi connectivity index (χ1v) is 8.90. The number of amides is 1. The van der Waals surface area contributed by atoms with E-state index in [1.165, 1.54) is 0 Å². The third-order valence-electron chi connectivity index (χ3n) is 4.96. The zero-order chi connectivity index (χ0) is 18.0. The second-order valence-electron chi connectivity index (χ2n) is 6.96. The summed E-state index contributed by atoms with van der Waals surface area (Å²) >= 11 is 0. The van der Waals surface area contributed by atoms with Crippen molar-refractivity contribution >= 4 is 5.91 Å². The Morgan fingerprint density at radius 3 is 2.52 bits per heavy atom. The number of hydrogen-bond acceptors (Lipinski definition) is 4. The van der Waals surface area contributed by atoms with Gasteiger partial charge in [-0.1, -0.05) is 12.8 Å². The van der Waals surface area contributed by atoms with Gasteiger partial charge in [0.05, 0.1) is 11.8 Å². The number of rotatable bonds is 4. The molecule has 0 aliphatic heterocycles. The summed E-state index contributed by atoms with van der Waals surface area (Å²) < 4.78 is 1.77. The summed E-state index contributed by atoms with van der Waals surface area (Å²) in [5.41, 5.74) is 1.53. The van der Waals surface area contributed by atoms with E-state index in [0.29, 0.717) is 12.1 Å². The van der Waals surface area contributed by atoms with Gasteiger partial charge in [0.25, 0.3) is 5.91 Å². The van der Waals surface area contributed by atoms with Crippen molar-refractivity contribution in [3.63, 3.8) is 0 Å². The summed E-state index contributed by atoms with van der Waals surface area (Å²) in [5, 5.41) is 14.5. The molecule has 25 heavy (non-hydrogen) atoms. The molecule has 0 saturated heterocycles. The summed E-state index contributed by atoms with van der Waals surface area (Å²) in [7, 11) is 1.81. The maximum Gasteiger partial charge on any atom is 0.253 e. The number of aliphatic hydroxyl groups excluding tert-OH is 1. The van der Waals surface area contributed by atoms with Gasteiger partial charge >= 0.3 is 0 Å². The van der Waals surface area contributed by atoms with Crippen LogP contribution in [-0.2, 0) is 0 Å². The van der Waals surface area contributed by atoms with Gasteiger partial charge in [0.15, 0.2) is 0 Å². The highest BCUT2D eigenvalue weighted by atomic mass is 16.3. The molecular weight excluding hydrogens is 316 g/mol. The Morgan fingerprint density at radius 1 is 1.24 bits per heavy atom. The minimum Gasteiger partial charge on any atom is -0.393 e. The van der Waals surface area contributed by atoms with E-state index in [2.05, 4.69) is 10.1 Å². The van der Waals surface area contributed by atoms with Gasteiger partial charge in [-0.25, -0.2) is 9.67 Å². The highest BCUT2D eigenvalue weighted by molar-refractivity contribution is 5.94. The van der Waals surface area contributed by atoms with Gasteiger partial charge in [-0.2, -0.15) is 5.10 Å². The van der Waals surface area contributed by atoms with Crippen molar-refractivity contribution < 1.29 is 9.90 Å². The minimum atomic E-state index is -0.287. The molecule has 0 spiro atoms. The molecule has 1 aliphatic carbocycles. The van der Waals surface area contributed by atoms with E-state index in [1.54, 1.807) is 9.58 Å². The molecule has 2 unspecified atom stereocenters. The quantitative estimate of drug-likeness (QED) is 0.927. The standard InChI is InChI=1S/C19H26N4O2/c1-13-20-14(2)23(21-13)17-10-8-15(9-11-17)19(25)22(3)12-16-6-4-5-7-18(16)24/h8-11,16,18,24H,4-7,12H2,1-3H3. The van der Waals surface area contributed by atoms with Gasteiger partial charge < -0.3 is 10.0 Å². The van der Waals surface area contributed by atoms with Gasteiger partial charge in [-0.3, -0.25) is 4.79 Å². The monoisotopic (exact) mass is 342 g/mol. The highest BCUT2D eigenvalue weighted by Crippen LogP contribution is 2.25. The summed E-state index contributed by atoms with van der Waals surface area (Å²) in [4.78, 5) is 18.7. The van der Waals surface area contributed by atoms with Crippen LogP contribution in [0.5, 0.6) is 0 Å². The molecule has 0 bridgehead atoms. The van der Waals surface area contributed by atoms with Crippen LogP contribution in [0.3, 0.4) is 0 Å². The summed E-state index contributed by atoms with van der Waals surface area (Å²) in [6, 6.07) is 7.42. The van der Waals surface area contributed by atoms with Crippen molar-refractivity contribution in [1.82, 2.24) is 19.7 Å². The number of carbonyl (C=O) groups excluding carboxylic acids is 1. The fraction of sp³-hybridized carbons (Fsp3) is 0.526. The Bertz CT molecular complexity index is 738. The maximum atomic E-state index is 12.7. The first kappa shape index (κ1) is 17.6. The molecule has 1 aromatic heterocycles. The smallest absolute Gasteiger partial charge is 0.253 e. The van der Waals surface area contributed by atoms with Gasteiger partial charge in [-0.05, 0) is 51.0 Å². The molecule has 1 aliphatic rings. The average Bonchev–Trinajstić information content (AvgIpc) is 2.94. The molecule has 134 valence electrons. The van der Waals surface area contributed by atoms with Gasteiger partial charge in [-0.15, -0.1) is 0 Å². The lowest BCUT2D eigenvalue weighted by molar-refractivity contribution is 0.0451. The van der Waals surface area contributed by atoms with Crippen molar-refractivity contribution in [2.75, 3.05) is 13.6 Å². The van der Waals surface area contributed by atoms with E-state index >= 15 is 0 Å². The molecule has 2 aromatic rings. The third-order valence-corrected chi connectivity index (χ3v) is 4.96. The van der Waals surface area contributed by atoms with E-state index in [9.17, 15) is 9.90 Å². The van der Waals surface area contributed by atoms with Crippen molar-refractivity contribution in [2.24, 2.45) is 5.92 Å². The Morgan fingerprint density at radius 2 is 1.92 bits per heavy atom. The predicted octanol–water partition coefficient (Wildman–Crippen LogP) is 2.51. The van der Waals surface area contributed by atoms with Crippen LogP contribution in [0.1, 0.15) is 47.7 Å². The molecular formula is C19H26N4O2. The summed E-state index contributed by atoms with van der Waals surface area (Å²) in [6.07, 6.45) is 3.76. The van der Waals surface area contributed by atoms with Crippen LogP contribution in [0.2, 0.25) is 0 Å². The second-order valence-corrected chi connectivity index (χ2v) is 6.96. The minimum absolute atomic E-state index is 0.0178. The van der Waals surface area contributed by atoms with Crippen LogP contribution < -0.4 is 0 Å². The lowest BCUT2D eigenvalue weighted by atomic mass is 9.86. The molecule has 0 radical (unpaired) electrons. The molecule has 6 heteroatoms. The van der Waals surface area contributed by atoms with Crippen LogP contribution in [0.25, 0.3) is 5.69 Å². The number of benzene rings is 1. The van der Waals surface area contributed by atoms with Crippen LogP contribution in [0, 0.1) is 19.8 Å². The summed E-state index contributed by atoms with van der Waals surface area (Å²) in [5.74, 6) is 1.71. The maximum absolute atomic E-state index is 12.7. The number of nitrogens with zero attached hydrogens (tertiary/aromatic N) is 4. The normalized spacial score (nSPS) is 20.5. The molecule has 1 saturated carbocycles. The Hall–Kier alpha value is -2.21. The Kier molecular flexibility index (Phi) is 5.18. The van der Waals surface area contributed by atoms with Gasteiger partial charge in [0.2, 0.25) is 0 Å². The molecule has 6 nitrogen and oxygen atoms in total. The number of aromatic nitrogens is 3. The predicted molar refractivity (Wildman–Crippen MR) is 95.8 cm³/mol. The zero-order valence-electron chi connectivity index (χ0n) is 15.1. The number of aliphatic hydroxyl groups is 1. The molecule has 1 fully saturated rings. The molecule has 3 rings (SSSR count). The molecule has 1 aromatic carbocycles. The van der Waals surface area contributed by atoms with Crippen LogP contribution >= 0.6 is 0 Å². The molecule has 1 heterocycles. The van der Waals surface area contributed by atoms with Gasteiger partial charge in [0, 0.05) is 25.1 Å². The van der Waals surface area contributed by atoms with Crippen LogP contribution in [0.4, 0.5) is 0 Å². The van der Waals surface area contributed by atoms with E-state index in [1.807, 2.05) is 45.2 Å². The third kappa shape index (κ3) is 3.90. The van der Waals surface area contributed by atoms with Crippen LogP contribution in [-0.4, -0.2) is 50.4 Å². The SMILES string of the molecule is Cc1nc(C)n(-c2ccc(C(=O)N(C)CC3CCCCC3O)cc2)n1. The van der Waals surface area contributed by atoms with Crippen molar-refractivity contribution in [3.05, 3.63) is 41.5 Å². The van der Waals surface area contributed by atoms with Crippen LogP contribution in [0.15, 0.2) is 24.3 Å². The number of hydrogen-bond donors (Lipinski definition) is 1. The van der Waals surface area contributed by atoms with E-state index in [0.717, 1.165) is 43.0 Å². The fourth-order valence-electron chi connectivity index (χ4n) is 3.57. The van der Waals surface area contributed by atoms with E-state index in [-0.39, 0.29) is 17.9 Å². The van der Waals surface area contributed by atoms with E-state index in [4.69, 9.17) is 0 Å². The Balaban J connectivity index is 1.68. The number of aryl methyl sites for hydroxylation is 2. The second kappa shape index (κ2) is 7.35. The lowest BCUT2D eigenvalue weighted by Gasteiger charge is -2.31. The topological polar surface area (TPSA) is 71.2 Å². The van der Waals surface area contributed by atoms with Crippen molar-refractivity contribution in [1.29, 1.82) is 0 Å². The molecule has 1 amide bonds. The van der Waals surface area contributed by atoms with Crippen molar-refractivity contribution in [2.45, 2.75) is 45.6 Å². The number of carbonyl (C=O) groups is 1. The largest absolute Gasteiger partial charge is 0.393 e. The zero-order valence-corrected chi connectivity index (χ0v) is 15.1. The Labute approximate surface area is 148 Å². The van der Waals surface area contributed by atoms with Crippen molar-refractivity contribution in [3.8, 4) is 5.69 Å². The molecule has 2 atom stereocenters. The summed E-state index contributed by atoms with van der Waals surface area (Å²) in [6.45, 7) is 4.36. The fourth-order valence-corrected chi connectivity index (χ4v) is 3.57.